The zero-order valence-electron chi connectivity index (χ0n) is 30.0. The predicted molar refractivity (Wildman–Crippen MR) is 214 cm³/mol. The van der Waals surface area contributed by atoms with E-state index < -0.39 is 12.2 Å². The number of hydrogen-bond donors (Lipinski definition) is 6. The van der Waals surface area contributed by atoms with Gasteiger partial charge in [0.1, 0.15) is 11.9 Å². The molecule has 1 saturated heterocycles. The number of ether oxygens (including phenoxy) is 1. The van der Waals surface area contributed by atoms with E-state index in [1.54, 1.807) is 12.1 Å². The van der Waals surface area contributed by atoms with Gasteiger partial charge in [0.05, 0.1) is 17.3 Å². The van der Waals surface area contributed by atoms with Crippen LogP contribution in [-0.2, 0) is 17.7 Å². The highest BCUT2D eigenvalue weighted by atomic mass is 16.6. The third kappa shape index (κ3) is 9.34. The first kappa shape index (κ1) is 36.4. The minimum Gasteiger partial charge on any atom is -0.506 e. The molecule has 1 aliphatic heterocycles. The van der Waals surface area contributed by atoms with Crippen LogP contribution in [0.4, 0.5) is 21.9 Å². The minimum atomic E-state index is -0.793. The number of amides is 1. The minimum absolute atomic E-state index is 0.0251. The van der Waals surface area contributed by atoms with Crippen LogP contribution in [0.5, 0.6) is 5.75 Å². The molecule has 1 unspecified atom stereocenters. The molecule has 10 heteroatoms. The largest absolute Gasteiger partial charge is 0.506 e. The van der Waals surface area contributed by atoms with Crippen molar-refractivity contribution < 1.29 is 19.7 Å². The monoisotopic (exact) mass is 723 g/mol. The van der Waals surface area contributed by atoms with Crippen molar-refractivity contribution in [3.8, 4) is 16.9 Å². The molecule has 10 nitrogen and oxygen atoms in total. The van der Waals surface area contributed by atoms with Gasteiger partial charge in [0.25, 0.3) is 0 Å². The first-order valence-corrected chi connectivity index (χ1v) is 18.4. The lowest BCUT2D eigenvalue weighted by Gasteiger charge is -2.31. The number of H-pyrrole nitrogens is 1. The number of carbonyl (C=O) groups is 1. The van der Waals surface area contributed by atoms with E-state index in [0.717, 1.165) is 67.1 Å². The topological polar surface area (TPSA) is 139 Å². The first-order valence-electron chi connectivity index (χ1n) is 18.4. The van der Waals surface area contributed by atoms with Crippen LogP contribution in [0.1, 0.15) is 35.6 Å². The summed E-state index contributed by atoms with van der Waals surface area (Å²) in [4.78, 5) is 29.5. The maximum Gasteiger partial charge on any atom is 0.411 e. The molecule has 0 spiro atoms. The Balaban J connectivity index is 0.813. The van der Waals surface area contributed by atoms with Crippen LogP contribution in [-0.4, -0.2) is 58.5 Å². The Kier molecular flexibility index (Phi) is 11.6. The van der Waals surface area contributed by atoms with E-state index >= 15 is 0 Å². The lowest BCUT2D eigenvalue weighted by molar-refractivity contribution is 0.0567. The second kappa shape index (κ2) is 17.3. The van der Waals surface area contributed by atoms with Crippen molar-refractivity contribution in [2.75, 3.05) is 36.8 Å². The van der Waals surface area contributed by atoms with Gasteiger partial charge in [-0.25, -0.2) is 4.79 Å². The zero-order chi connectivity index (χ0) is 37.3. The summed E-state index contributed by atoms with van der Waals surface area (Å²) in [5, 5.41) is 31.3. The molecule has 0 bridgehead atoms. The summed E-state index contributed by atoms with van der Waals surface area (Å²) in [7, 11) is 0. The number of aromatic nitrogens is 1. The Morgan fingerprint density at radius 1 is 0.815 bits per heavy atom. The Hall–Kier alpha value is -5.94. The molecule has 0 aliphatic carbocycles. The highest BCUT2D eigenvalue weighted by Gasteiger charge is 2.23. The number of phenolic OH excluding ortho intramolecular Hbond substituents is 1. The number of anilines is 3. The maximum atomic E-state index is 12.8. The van der Waals surface area contributed by atoms with Crippen LogP contribution in [0.3, 0.4) is 0 Å². The molecule has 0 radical (unpaired) electrons. The van der Waals surface area contributed by atoms with Gasteiger partial charge in [-0.2, -0.15) is 0 Å². The van der Waals surface area contributed by atoms with Crippen molar-refractivity contribution in [1.82, 2.24) is 15.2 Å². The molecule has 1 aromatic heterocycles. The predicted octanol–water partition coefficient (Wildman–Crippen LogP) is 7.72. The van der Waals surface area contributed by atoms with Crippen molar-refractivity contribution in [3.05, 3.63) is 154 Å². The van der Waals surface area contributed by atoms with E-state index in [1.807, 2.05) is 54.6 Å². The normalized spacial score (nSPS) is 14.1. The molecule has 54 heavy (non-hydrogen) atoms. The van der Waals surface area contributed by atoms with Crippen LogP contribution in [0.2, 0.25) is 0 Å². The molecule has 1 fully saturated rings. The molecule has 5 aromatic carbocycles. The summed E-state index contributed by atoms with van der Waals surface area (Å²) in [6.07, 6.45) is 1.07. The van der Waals surface area contributed by atoms with Gasteiger partial charge in [-0.3, -0.25) is 15.0 Å². The van der Waals surface area contributed by atoms with Gasteiger partial charge in [0.15, 0.2) is 0 Å². The fourth-order valence-corrected chi connectivity index (χ4v) is 6.94. The number of aliphatic hydroxyl groups is 1. The molecule has 0 saturated carbocycles. The molecular formula is C44H45N5O5. The summed E-state index contributed by atoms with van der Waals surface area (Å²) >= 11 is 0. The molecule has 276 valence electrons. The van der Waals surface area contributed by atoms with Crippen LogP contribution < -0.4 is 21.5 Å². The number of likely N-dealkylation sites (tertiary alicyclic amines) is 1. The average Bonchev–Trinajstić information content (AvgIpc) is 3.19. The second-order valence-corrected chi connectivity index (χ2v) is 13.7. The summed E-state index contributed by atoms with van der Waals surface area (Å²) < 4.78 is 5.82. The van der Waals surface area contributed by atoms with E-state index in [9.17, 15) is 19.8 Å². The number of benzene rings is 5. The summed E-state index contributed by atoms with van der Waals surface area (Å²) in [6, 6.07) is 40.8. The smallest absolute Gasteiger partial charge is 0.411 e. The summed E-state index contributed by atoms with van der Waals surface area (Å²) in [5.41, 5.74) is 7.83. The van der Waals surface area contributed by atoms with Gasteiger partial charge in [0.2, 0.25) is 5.56 Å². The lowest BCUT2D eigenvalue weighted by atomic mass is 10.0. The van der Waals surface area contributed by atoms with Gasteiger partial charge >= 0.3 is 6.09 Å². The number of aromatic hydroxyl groups is 1. The van der Waals surface area contributed by atoms with Gasteiger partial charge in [-0.05, 0) is 90.5 Å². The lowest BCUT2D eigenvalue weighted by Crippen LogP contribution is -2.38. The number of nitrogens with zero attached hydrogens (tertiary/aromatic N) is 1. The molecule has 6 aromatic rings. The van der Waals surface area contributed by atoms with Gasteiger partial charge in [-0.15, -0.1) is 0 Å². The highest BCUT2D eigenvalue weighted by molar-refractivity contribution is 5.91. The second-order valence-electron chi connectivity index (χ2n) is 13.7. The highest BCUT2D eigenvalue weighted by Crippen LogP contribution is 2.30. The number of para-hydroxylation sites is 1. The Morgan fingerprint density at radius 3 is 2.24 bits per heavy atom. The van der Waals surface area contributed by atoms with Crippen LogP contribution in [0.25, 0.3) is 22.0 Å². The Labute approximate surface area is 314 Å². The van der Waals surface area contributed by atoms with Crippen LogP contribution >= 0.6 is 0 Å². The number of nitrogens with one attached hydrogen (secondary N) is 4. The van der Waals surface area contributed by atoms with Crippen molar-refractivity contribution in [1.29, 1.82) is 0 Å². The standard InChI is InChI=1S/C44H45N5O5/c50-40-20-18-37(38-19-21-42(52)48-43(38)40)41(51)28-45-25-22-30-10-14-33(15-11-30)46-34-16-12-31(13-17-34)29-49-26-23-35(24-27-49)54-44(53)47-39-9-5-4-8-36(39)32-6-2-1-3-7-32/h1-21,35,41,45-46,50-51H,22-29H2,(H,47,53)(H,48,52). The van der Waals surface area contributed by atoms with Crippen LogP contribution in [0.15, 0.2) is 132 Å². The molecule has 1 atom stereocenters. The maximum absolute atomic E-state index is 12.8. The van der Waals surface area contributed by atoms with Crippen molar-refractivity contribution in [2.45, 2.75) is 38.0 Å². The molecule has 1 amide bonds. The van der Waals surface area contributed by atoms with E-state index in [2.05, 4.69) is 74.4 Å². The van der Waals surface area contributed by atoms with Gasteiger partial charge in [-0.1, -0.05) is 78.9 Å². The number of hydrogen-bond acceptors (Lipinski definition) is 8. The summed E-state index contributed by atoms with van der Waals surface area (Å²) in [6.45, 7) is 3.59. The fraction of sp³-hybridized carbons (Fsp3) is 0.227. The van der Waals surface area contributed by atoms with E-state index in [0.29, 0.717) is 29.6 Å². The Morgan fingerprint density at radius 2 is 1.50 bits per heavy atom. The Bertz CT molecular complexity index is 2220. The van der Waals surface area contributed by atoms with E-state index in [1.165, 1.54) is 23.3 Å². The number of pyridine rings is 1. The van der Waals surface area contributed by atoms with Crippen LogP contribution in [0, 0.1) is 0 Å². The number of carbonyl (C=O) groups excluding carboxylic acids is 1. The average molecular weight is 724 g/mol. The third-order valence-electron chi connectivity index (χ3n) is 9.85. The third-order valence-corrected chi connectivity index (χ3v) is 9.85. The first-order chi connectivity index (χ1) is 26.4. The van der Waals surface area contributed by atoms with E-state index in [-0.39, 0.29) is 17.4 Å². The van der Waals surface area contributed by atoms with Crippen molar-refractivity contribution in [3.63, 3.8) is 0 Å². The number of fused-ring (bicyclic) bond motifs is 1. The molecular weight excluding hydrogens is 679 g/mol. The number of aromatic amines is 1. The SMILES string of the molecule is O=C(Nc1ccccc1-c1ccccc1)OC1CCN(Cc2ccc(Nc3ccc(CCNCC(O)c4ccc(O)c5[nH]c(=O)ccc45)cc3)cc2)CC1. The summed E-state index contributed by atoms with van der Waals surface area (Å²) in [5.74, 6) is -0.0251. The zero-order valence-corrected chi connectivity index (χ0v) is 30.0. The number of aliphatic hydroxyl groups excluding tert-OH is 1. The molecule has 2 heterocycles. The molecule has 1 aliphatic rings. The quantitative estimate of drug-likeness (QED) is 0.0667. The van der Waals surface area contributed by atoms with Crippen molar-refractivity contribution >= 4 is 34.1 Å². The van der Waals surface area contributed by atoms with Crippen molar-refractivity contribution in [2.24, 2.45) is 0 Å². The van der Waals surface area contributed by atoms with Gasteiger partial charge < -0.3 is 30.6 Å². The number of piperidine rings is 1. The van der Waals surface area contributed by atoms with Gasteiger partial charge in [0, 0.05) is 54.6 Å². The van der Waals surface area contributed by atoms with E-state index in [4.69, 9.17) is 4.74 Å². The number of rotatable bonds is 13. The molecule has 7 rings (SSSR count). The fourth-order valence-electron chi connectivity index (χ4n) is 6.94. The number of phenols is 1. The molecule has 6 N–H and O–H groups in total.